The van der Waals surface area contributed by atoms with Crippen LogP contribution in [0, 0.1) is 6.92 Å². The summed E-state index contributed by atoms with van der Waals surface area (Å²) in [5.41, 5.74) is 7.55. The van der Waals surface area contributed by atoms with Gasteiger partial charge in [0.1, 0.15) is 12.4 Å². The van der Waals surface area contributed by atoms with Crippen LogP contribution in [0.3, 0.4) is 0 Å². The third-order valence-electron chi connectivity index (χ3n) is 4.16. The highest BCUT2D eigenvalue weighted by Crippen LogP contribution is 2.27. The van der Waals surface area contributed by atoms with Gasteiger partial charge in [-0.1, -0.05) is 25.0 Å². The number of methoxy groups -OCH3 is 1. The van der Waals surface area contributed by atoms with E-state index in [-0.39, 0.29) is 18.3 Å². The predicted molar refractivity (Wildman–Crippen MR) is 93.0 cm³/mol. The van der Waals surface area contributed by atoms with Crippen LogP contribution in [0.4, 0.5) is 0 Å². The van der Waals surface area contributed by atoms with Crippen molar-refractivity contribution in [2.75, 3.05) is 20.3 Å². The van der Waals surface area contributed by atoms with Crippen LogP contribution in [-0.4, -0.2) is 31.8 Å². The number of nitrogens with one attached hydrogen (secondary N) is 1. The molecular formula is C17H27ClN2O3. The maximum Gasteiger partial charge on any atom is 0.240 e. The van der Waals surface area contributed by atoms with Crippen LogP contribution in [-0.2, 0) is 16.1 Å². The van der Waals surface area contributed by atoms with Gasteiger partial charge in [-0.05, 0) is 31.4 Å². The fraction of sp³-hybridized carbons (Fsp3) is 0.588. The average molecular weight is 343 g/mol. The Labute approximate surface area is 144 Å². The average Bonchev–Trinajstić information content (AvgIpc) is 2.94. The third-order valence-corrected chi connectivity index (χ3v) is 4.16. The minimum atomic E-state index is -0.693. The quantitative estimate of drug-likeness (QED) is 0.746. The summed E-state index contributed by atoms with van der Waals surface area (Å²) in [6.45, 7) is 3.46. The Morgan fingerprint density at radius 1 is 1.30 bits per heavy atom. The fourth-order valence-electron chi connectivity index (χ4n) is 2.76. The molecule has 3 N–H and O–H groups in total. The Hall–Kier alpha value is -1.30. The van der Waals surface area contributed by atoms with Crippen molar-refractivity contribution < 1.29 is 14.3 Å². The lowest BCUT2D eigenvalue weighted by Crippen LogP contribution is -2.51. The summed E-state index contributed by atoms with van der Waals surface area (Å²) in [4.78, 5) is 12.3. The molecule has 130 valence electrons. The molecule has 1 aromatic carbocycles. The lowest BCUT2D eigenvalue weighted by Gasteiger charge is -2.22. The van der Waals surface area contributed by atoms with Crippen LogP contribution < -0.4 is 15.8 Å². The smallest absolute Gasteiger partial charge is 0.240 e. The van der Waals surface area contributed by atoms with Gasteiger partial charge in [-0.3, -0.25) is 4.79 Å². The van der Waals surface area contributed by atoms with Crippen molar-refractivity contribution in [2.24, 2.45) is 5.73 Å². The molecule has 0 bridgehead atoms. The summed E-state index contributed by atoms with van der Waals surface area (Å²) < 4.78 is 10.7. The maximum atomic E-state index is 12.3. The zero-order chi connectivity index (χ0) is 16.0. The molecule has 2 rings (SSSR count). The fourth-order valence-corrected chi connectivity index (χ4v) is 2.76. The number of carbonyl (C=O) groups excluding carboxylic acids is 1. The number of carbonyl (C=O) groups is 1. The summed E-state index contributed by atoms with van der Waals surface area (Å²) >= 11 is 0. The lowest BCUT2D eigenvalue weighted by atomic mass is 9.98. The van der Waals surface area contributed by atoms with Crippen LogP contribution >= 0.6 is 12.4 Å². The van der Waals surface area contributed by atoms with E-state index in [0.717, 1.165) is 42.6 Å². The lowest BCUT2D eigenvalue weighted by molar-refractivity contribution is -0.126. The van der Waals surface area contributed by atoms with Gasteiger partial charge in [0.15, 0.2) is 0 Å². The second kappa shape index (κ2) is 9.11. The summed E-state index contributed by atoms with van der Waals surface area (Å²) in [5.74, 6) is 0.725. The zero-order valence-electron chi connectivity index (χ0n) is 13.9. The van der Waals surface area contributed by atoms with Crippen molar-refractivity contribution in [1.82, 2.24) is 5.32 Å². The van der Waals surface area contributed by atoms with Crippen LogP contribution in [0.15, 0.2) is 18.2 Å². The molecule has 0 heterocycles. The Balaban J connectivity index is 0.00000264. The highest BCUT2D eigenvalue weighted by molar-refractivity contribution is 5.86. The van der Waals surface area contributed by atoms with E-state index in [1.165, 1.54) is 0 Å². The molecule has 1 aromatic rings. The molecule has 1 fully saturated rings. The van der Waals surface area contributed by atoms with Crippen molar-refractivity contribution in [3.8, 4) is 5.75 Å². The third kappa shape index (κ3) is 5.37. The normalized spacial score (nSPS) is 15.8. The van der Waals surface area contributed by atoms with Crippen LogP contribution in [0.5, 0.6) is 5.75 Å². The zero-order valence-corrected chi connectivity index (χ0v) is 14.7. The summed E-state index contributed by atoms with van der Waals surface area (Å²) in [7, 11) is 1.64. The van der Waals surface area contributed by atoms with Crippen LogP contribution in [0.1, 0.15) is 36.8 Å². The number of hydrogen-bond donors (Lipinski definition) is 2. The second-order valence-electron chi connectivity index (χ2n) is 6.00. The largest absolute Gasteiger partial charge is 0.491 e. The van der Waals surface area contributed by atoms with Crippen molar-refractivity contribution in [1.29, 1.82) is 0 Å². The van der Waals surface area contributed by atoms with E-state index in [9.17, 15) is 4.79 Å². The number of ether oxygens (including phenoxy) is 2. The van der Waals surface area contributed by atoms with Gasteiger partial charge in [0.2, 0.25) is 5.91 Å². The van der Waals surface area contributed by atoms with E-state index in [2.05, 4.69) is 5.32 Å². The Kier molecular flexibility index (Phi) is 7.82. The first-order valence-electron chi connectivity index (χ1n) is 7.83. The number of halogens is 1. The van der Waals surface area contributed by atoms with Gasteiger partial charge in [-0.2, -0.15) is 0 Å². The topological polar surface area (TPSA) is 73.6 Å². The molecule has 1 aliphatic carbocycles. The first-order chi connectivity index (χ1) is 10.5. The van der Waals surface area contributed by atoms with E-state index < -0.39 is 5.54 Å². The standard InChI is InChI=1S/C17H26N2O3.ClH/c1-13-5-6-14(15(11-13)22-10-9-21-2)12-19-16(20)17(18)7-3-4-8-17;/h5-6,11H,3-4,7-10,12,18H2,1-2H3,(H,19,20);1H. The molecule has 1 amide bonds. The van der Waals surface area contributed by atoms with Gasteiger partial charge in [-0.25, -0.2) is 0 Å². The van der Waals surface area contributed by atoms with Gasteiger partial charge in [0.25, 0.3) is 0 Å². The van der Waals surface area contributed by atoms with Crippen LogP contribution in [0.2, 0.25) is 0 Å². The number of hydrogen-bond acceptors (Lipinski definition) is 4. The van der Waals surface area contributed by atoms with E-state index in [1.807, 2.05) is 25.1 Å². The van der Waals surface area contributed by atoms with Crippen molar-refractivity contribution in [3.63, 3.8) is 0 Å². The SMILES string of the molecule is COCCOc1cc(C)ccc1CNC(=O)C1(N)CCCC1.Cl. The Morgan fingerprint density at radius 3 is 2.65 bits per heavy atom. The van der Waals surface area contributed by atoms with E-state index >= 15 is 0 Å². The molecule has 6 heteroatoms. The van der Waals surface area contributed by atoms with Gasteiger partial charge < -0.3 is 20.5 Å². The Morgan fingerprint density at radius 2 is 2.00 bits per heavy atom. The second-order valence-corrected chi connectivity index (χ2v) is 6.00. The molecule has 0 aromatic heterocycles. The minimum Gasteiger partial charge on any atom is -0.491 e. The molecular weight excluding hydrogens is 316 g/mol. The number of amides is 1. The molecule has 0 spiro atoms. The highest BCUT2D eigenvalue weighted by Gasteiger charge is 2.36. The van der Waals surface area contributed by atoms with Gasteiger partial charge in [0.05, 0.1) is 12.1 Å². The minimum absolute atomic E-state index is 0. The first-order valence-corrected chi connectivity index (χ1v) is 7.83. The monoisotopic (exact) mass is 342 g/mol. The molecule has 0 unspecified atom stereocenters. The van der Waals surface area contributed by atoms with Gasteiger partial charge in [-0.15, -0.1) is 12.4 Å². The van der Waals surface area contributed by atoms with Crippen molar-refractivity contribution in [3.05, 3.63) is 29.3 Å². The van der Waals surface area contributed by atoms with Crippen molar-refractivity contribution in [2.45, 2.75) is 44.7 Å². The van der Waals surface area contributed by atoms with E-state index in [4.69, 9.17) is 15.2 Å². The Bertz CT molecular complexity index is 517. The number of aryl methyl sites for hydroxylation is 1. The van der Waals surface area contributed by atoms with Gasteiger partial charge >= 0.3 is 0 Å². The van der Waals surface area contributed by atoms with Crippen LogP contribution in [0.25, 0.3) is 0 Å². The maximum absolute atomic E-state index is 12.3. The van der Waals surface area contributed by atoms with E-state index in [1.54, 1.807) is 7.11 Å². The molecule has 0 saturated heterocycles. The van der Waals surface area contributed by atoms with Crippen molar-refractivity contribution >= 4 is 18.3 Å². The highest BCUT2D eigenvalue weighted by atomic mass is 35.5. The molecule has 23 heavy (non-hydrogen) atoms. The number of benzene rings is 1. The summed E-state index contributed by atoms with van der Waals surface area (Å²) in [6, 6.07) is 5.97. The molecule has 0 aliphatic heterocycles. The molecule has 1 aliphatic rings. The number of nitrogens with two attached hydrogens (primary N) is 1. The predicted octanol–water partition coefficient (Wildman–Crippen LogP) is 2.33. The first kappa shape index (κ1) is 19.7. The molecule has 1 saturated carbocycles. The van der Waals surface area contributed by atoms with Gasteiger partial charge in [0, 0.05) is 19.2 Å². The number of rotatable bonds is 7. The molecule has 0 radical (unpaired) electrons. The molecule has 5 nitrogen and oxygen atoms in total. The summed E-state index contributed by atoms with van der Waals surface area (Å²) in [6.07, 6.45) is 3.59. The molecule has 0 atom stereocenters. The summed E-state index contributed by atoms with van der Waals surface area (Å²) in [5, 5.41) is 2.96. The van der Waals surface area contributed by atoms with E-state index in [0.29, 0.717) is 19.8 Å².